The number of hydrogen-bond donors (Lipinski definition) is 2. The predicted molar refractivity (Wildman–Crippen MR) is 201 cm³/mol. The summed E-state index contributed by atoms with van der Waals surface area (Å²) >= 11 is 6.19. The molecule has 8 rings (SSSR count). The number of carbonyl (C=O) groups is 2. The highest BCUT2D eigenvalue weighted by atomic mass is 35.5. The zero-order valence-electron chi connectivity index (χ0n) is 30.9. The molecule has 0 saturated carbocycles. The smallest absolute Gasteiger partial charge is 0.416 e. The molecule has 56 heavy (non-hydrogen) atoms. The Bertz CT molecular complexity index is 2440. The molecule has 1 spiro atoms. The topological polar surface area (TPSA) is 151 Å². The van der Waals surface area contributed by atoms with Gasteiger partial charge in [0.2, 0.25) is 11.7 Å². The van der Waals surface area contributed by atoms with Gasteiger partial charge < -0.3 is 19.9 Å². The van der Waals surface area contributed by atoms with Crippen LogP contribution in [0.5, 0.6) is 5.75 Å². The van der Waals surface area contributed by atoms with Crippen molar-refractivity contribution in [3.63, 3.8) is 0 Å². The SMILES string of the molecule is Cc1ncnc(C(=O)N2CCC3(CC2)CC(C)c2c3c(=O)n3nc(-c4ccc(C5CCCN5C)cc4)nc3n2CC(=O)Nc2ccc(C(F)(F)F)cc2Cl)c1O. The van der Waals surface area contributed by atoms with Crippen molar-refractivity contribution in [2.24, 2.45) is 0 Å². The Balaban J connectivity index is 1.17. The van der Waals surface area contributed by atoms with Crippen LogP contribution in [0.1, 0.15) is 89.6 Å². The van der Waals surface area contributed by atoms with Crippen molar-refractivity contribution < 1.29 is 27.9 Å². The molecule has 0 radical (unpaired) electrons. The zero-order chi connectivity index (χ0) is 39.7. The second-order valence-electron chi connectivity index (χ2n) is 15.1. The molecule has 5 heterocycles. The highest BCUT2D eigenvalue weighted by molar-refractivity contribution is 6.33. The Kier molecular flexibility index (Phi) is 9.39. The molecular formula is C39H39ClF3N9O4. The molecule has 13 nitrogen and oxygen atoms in total. The molecule has 2 aromatic carbocycles. The summed E-state index contributed by atoms with van der Waals surface area (Å²) in [6.45, 7) is 4.80. The van der Waals surface area contributed by atoms with Gasteiger partial charge in [0.15, 0.2) is 17.3 Å². The highest BCUT2D eigenvalue weighted by Crippen LogP contribution is 2.50. The lowest BCUT2D eigenvalue weighted by Crippen LogP contribution is -2.46. The normalized spacial score (nSPS) is 19.5. The average molecular weight is 790 g/mol. The number of alkyl halides is 3. The summed E-state index contributed by atoms with van der Waals surface area (Å²) in [5.41, 5.74) is 1.16. The first-order valence-corrected chi connectivity index (χ1v) is 18.8. The third kappa shape index (κ3) is 6.47. The fraction of sp³-hybridized carbons (Fsp3) is 0.410. The number of nitrogens with zero attached hydrogens (tertiary/aromatic N) is 8. The van der Waals surface area contributed by atoms with Gasteiger partial charge >= 0.3 is 6.18 Å². The number of amides is 2. The molecule has 5 aromatic rings. The van der Waals surface area contributed by atoms with E-state index in [0.29, 0.717) is 47.9 Å². The number of hydrogen-bond acceptors (Lipinski definition) is 9. The second kappa shape index (κ2) is 14.0. The van der Waals surface area contributed by atoms with Gasteiger partial charge in [0.25, 0.3) is 11.5 Å². The molecule has 3 aliphatic rings. The number of carbonyl (C=O) groups excluding carboxylic acids is 2. The van der Waals surface area contributed by atoms with E-state index in [1.54, 1.807) is 16.4 Å². The molecule has 2 atom stereocenters. The Morgan fingerprint density at radius 2 is 1.80 bits per heavy atom. The number of fused-ring (bicyclic) bond motifs is 3. The minimum absolute atomic E-state index is 0.00000570. The van der Waals surface area contributed by atoms with E-state index in [4.69, 9.17) is 21.7 Å². The minimum atomic E-state index is -4.61. The number of aromatic hydroxyl groups is 1. The van der Waals surface area contributed by atoms with Crippen LogP contribution in [0.2, 0.25) is 5.02 Å². The second-order valence-corrected chi connectivity index (χ2v) is 15.5. The molecular weight excluding hydrogens is 751 g/mol. The first-order valence-electron chi connectivity index (χ1n) is 18.5. The fourth-order valence-corrected chi connectivity index (χ4v) is 9.05. The first-order chi connectivity index (χ1) is 26.6. The Hall–Kier alpha value is -5.35. The zero-order valence-corrected chi connectivity index (χ0v) is 31.7. The van der Waals surface area contributed by atoms with Gasteiger partial charge in [-0.25, -0.2) is 9.97 Å². The third-order valence-corrected chi connectivity index (χ3v) is 12.0. The standard InChI is InChI=1S/C39H39ClF3N9O4/c1-21-18-38(12-15-50(16-13-38)36(56)31-33(54)22(2)44-20-45-31)30-32(21)51(19-29(53)46-27-11-10-25(17-26(27)40)39(41,42)43)37-47-34(48-52(37)35(30)55)24-8-6-23(7-9-24)28-5-4-14-49(28)3/h6-11,17,20-21,28,54H,4-5,12-16,18-19H2,1-3H3,(H,46,53). The summed E-state index contributed by atoms with van der Waals surface area (Å²) in [5.74, 6) is -1.10. The van der Waals surface area contributed by atoms with Gasteiger partial charge in [-0.05, 0) is 82.3 Å². The molecule has 2 saturated heterocycles. The lowest BCUT2D eigenvalue weighted by Gasteiger charge is -2.39. The van der Waals surface area contributed by atoms with Crippen LogP contribution in [0.25, 0.3) is 17.2 Å². The molecule has 2 N–H and O–H groups in total. The summed E-state index contributed by atoms with van der Waals surface area (Å²) in [7, 11) is 2.10. The van der Waals surface area contributed by atoms with Crippen LogP contribution in [0, 0.1) is 6.92 Å². The van der Waals surface area contributed by atoms with Crippen molar-refractivity contribution in [3.05, 3.63) is 97.9 Å². The predicted octanol–water partition coefficient (Wildman–Crippen LogP) is 6.12. The number of anilines is 1. The van der Waals surface area contributed by atoms with Crippen LogP contribution < -0.4 is 10.9 Å². The molecule has 0 bridgehead atoms. The van der Waals surface area contributed by atoms with Crippen molar-refractivity contribution in [2.45, 2.75) is 76.0 Å². The molecule has 292 valence electrons. The van der Waals surface area contributed by atoms with E-state index in [-0.39, 0.29) is 64.7 Å². The number of nitrogens with one attached hydrogen (secondary N) is 1. The van der Waals surface area contributed by atoms with Crippen molar-refractivity contribution in [3.8, 4) is 17.1 Å². The number of halogens is 4. The molecule has 2 amide bonds. The monoisotopic (exact) mass is 789 g/mol. The summed E-state index contributed by atoms with van der Waals surface area (Å²) < 4.78 is 42.8. The maximum absolute atomic E-state index is 14.7. The molecule has 2 aliphatic heterocycles. The van der Waals surface area contributed by atoms with Crippen molar-refractivity contribution >= 4 is 34.9 Å². The number of rotatable bonds is 6. The van der Waals surface area contributed by atoms with E-state index in [1.807, 2.05) is 31.2 Å². The fourth-order valence-electron chi connectivity index (χ4n) is 8.82. The average Bonchev–Trinajstić information content (AvgIpc) is 3.88. The Labute approximate surface area is 324 Å². The van der Waals surface area contributed by atoms with Gasteiger partial charge in [-0.2, -0.15) is 22.7 Å². The van der Waals surface area contributed by atoms with Gasteiger partial charge in [-0.15, -0.1) is 5.10 Å². The van der Waals surface area contributed by atoms with Crippen molar-refractivity contribution in [1.29, 1.82) is 0 Å². The molecule has 3 aromatic heterocycles. The summed E-state index contributed by atoms with van der Waals surface area (Å²) in [4.78, 5) is 58.6. The van der Waals surface area contributed by atoms with Gasteiger partial charge in [-0.3, -0.25) is 19.3 Å². The van der Waals surface area contributed by atoms with E-state index >= 15 is 0 Å². The van der Waals surface area contributed by atoms with Crippen LogP contribution >= 0.6 is 11.6 Å². The van der Waals surface area contributed by atoms with Crippen LogP contribution in [-0.2, 0) is 22.9 Å². The molecule has 1 aliphatic carbocycles. The largest absolute Gasteiger partial charge is 0.504 e. The van der Waals surface area contributed by atoms with E-state index in [9.17, 15) is 32.7 Å². The van der Waals surface area contributed by atoms with Crippen molar-refractivity contribution in [2.75, 3.05) is 32.0 Å². The van der Waals surface area contributed by atoms with Gasteiger partial charge in [0, 0.05) is 41.4 Å². The van der Waals surface area contributed by atoms with Crippen molar-refractivity contribution in [1.82, 2.24) is 38.9 Å². The van der Waals surface area contributed by atoms with E-state index in [0.717, 1.165) is 37.6 Å². The van der Waals surface area contributed by atoms with E-state index in [2.05, 4.69) is 27.2 Å². The lowest BCUT2D eigenvalue weighted by atomic mass is 9.73. The minimum Gasteiger partial charge on any atom is -0.504 e. The summed E-state index contributed by atoms with van der Waals surface area (Å²) in [5, 5.41) is 17.6. The summed E-state index contributed by atoms with van der Waals surface area (Å²) in [6, 6.07) is 10.9. The maximum Gasteiger partial charge on any atom is 0.416 e. The number of aromatic nitrogens is 6. The number of aryl methyl sites for hydroxylation is 1. The van der Waals surface area contributed by atoms with E-state index < -0.39 is 29.0 Å². The van der Waals surface area contributed by atoms with Crippen LogP contribution in [0.15, 0.2) is 53.6 Å². The number of piperidine rings is 1. The Morgan fingerprint density at radius 3 is 2.46 bits per heavy atom. The van der Waals surface area contributed by atoms with E-state index in [1.165, 1.54) is 16.4 Å². The first kappa shape index (κ1) is 37.6. The molecule has 2 fully saturated rings. The van der Waals surface area contributed by atoms with Gasteiger partial charge in [-0.1, -0.05) is 42.8 Å². The van der Waals surface area contributed by atoms with Crippen LogP contribution in [-0.4, -0.2) is 82.5 Å². The molecule has 17 heteroatoms. The van der Waals surface area contributed by atoms with Crippen LogP contribution in [0.4, 0.5) is 18.9 Å². The number of benzene rings is 2. The lowest BCUT2D eigenvalue weighted by molar-refractivity contribution is -0.137. The quantitative estimate of drug-likeness (QED) is 0.207. The van der Waals surface area contributed by atoms with Crippen LogP contribution in [0.3, 0.4) is 0 Å². The van der Waals surface area contributed by atoms with Gasteiger partial charge in [0.1, 0.15) is 12.9 Å². The highest BCUT2D eigenvalue weighted by Gasteiger charge is 2.49. The molecule has 2 unspecified atom stereocenters. The van der Waals surface area contributed by atoms with Gasteiger partial charge in [0.05, 0.1) is 22.0 Å². The summed E-state index contributed by atoms with van der Waals surface area (Å²) in [6.07, 6.45) is 0.197. The Morgan fingerprint density at radius 1 is 1.07 bits per heavy atom. The third-order valence-electron chi connectivity index (χ3n) is 11.6. The maximum atomic E-state index is 14.7. The number of likely N-dealkylation sites (tertiary alicyclic amines) is 2.